The van der Waals surface area contributed by atoms with Crippen molar-refractivity contribution in [1.82, 2.24) is 10.3 Å². The number of aromatic nitrogens is 1. The van der Waals surface area contributed by atoms with Crippen LogP contribution in [0.5, 0.6) is 0 Å². The molecule has 4 rings (SSSR count). The van der Waals surface area contributed by atoms with E-state index in [0.29, 0.717) is 6.54 Å². The van der Waals surface area contributed by atoms with Crippen LogP contribution in [-0.2, 0) is 16.8 Å². The van der Waals surface area contributed by atoms with E-state index in [4.69, 9.17) is 0 Å². The highest BCUT2D eigenvalue weighted by atomic mass is 32.1. The number of thiophene rings is 2. The van der Waals surface area contributed by atoms with Gasteiger partial charge in [-0.25, -0.2) is 0 Å². The predicted molar refractivity (Wildman–Crippen MR) is 104 cm³/mol. The summed E-state index contributed by atoms with van der Waals surface area (Å²) in [6.45, 7) is 0.519. The van der Waals surface area contributed by atoms with Crippen molar-refractivity contribution in [3.05, 3.63) is 63.1 Å². The quantitative estimate of drug-likeness (QED) is 0.688. The van der Waals surface area contributed by atoms with Crippen LogP contribution in [0.2, 0.25) is 0 Å². The van der Waals surface area contributed by atoms with E-state index >= 15 is 0 Å². The zero-order valence-electron chi connectivity index (χ0n) is 13.9. The number of hydrogen-bond acceptors (Lipinski definition) is 4. The first kappa shape index (κ1) is 16.5. The number of amides is 1. The molecule has 3 aromatic heterocycles. The Morgan fingerprint density at radius 3 is 2.76 bits per heavy atom. The molecule has 3 heterocycles. The molecule has 0 bridgehead atoms. The second kappa shape index (κ2) is 7.10. The molecule has 0 aliphatic heterocycles. The lowest BCUT2D eigenvalue weighted by atomic mass is 9.83. The lowest BCUT2D eigenvalue weighted by Gasteiger charge is -2.26. The fraction of sp³-hybridized carbons (Fsp3) is 0.300. The maximum atomic E-state index is 13.1. The van der Waals surface area contributed by atoms with Gasteiger partial charge in [0.2, 0.25) is 5.91 Å². The van der Waals surface area contributed by atoms with E-state index in [-0.39, 0.29) is 11.3 Å². The molecule has 0 aromatic carbocycles. The van der Waals surface area contributed by atoms with Gasteiger partial charge in [-0.3, -0.25) is 9.78 Å². The Bertz CT molecular complexity index is 834. The molecule has 0 unspecified atom stereocenters. The number of pyridine rings is 1. The van der Waals surface area contributed by atoms with Crippen molar-refractivity contribution in [2.45, 2.75) is 37.6 Å². The van der Waals surface area contributed by atoms with Crippen LogP contribution in [0.3, 0.4) is 0 Å². The van der Waals surface area contributed by atoms with E-state index in [9.17, 15) is 4.79 Å². The summed E-state index contributed by atoms with van der Waals surface area (Å²) in [6.07, 6.45) is 5.95. The second-order valence-electron chi connectivity index (χ2n) is 6.47. The highest BCUT2D eigenvalue weighted by molar-refractivity contribution is 7.10. The minimum atomic E-state index is -0.334. The largest absolute Gasteiger partial charge is 0.351 e. The summed E-state index contributed by atoms with van der Waals surface area (Å²) < 4.78 is 0. The van der Waals surface area contributed by atoms with Gasteiger partial charge in [0, 0.05) is 28.6 Å². The number of rotatable bonds is 5. The van der Waals surface area contributed by atoms with Gasteiger partial charge in [0.1, 0.15) is 0 Å². The lowest BCUT2D eigenvalue weighted by molar-refractivity contribution is -0.126. The molecule has 1 fully saturated rings. The van der Waals surface area contributed by atoms with E-state index < -0.39 is 0 Å². The molecule has 0 spiro atoms. The van der Waals surface area contributed by atoms with Gasteiger partial charge in [-0.2, -0.15) is 11.3 Å². The Labute approximate surface area is 155 Å². The third kappa shape index (κ3) is 3.14. The molecule has 1 saturated carbocycles. The van der Waals surface area contributed by atoms with Crippen LogP contribution in [0.15, 0.2) is 52.7 Å². The third-order valence-corrected chi connectivity index (χ3v) is 6.77. The van der Waals surface area contributed by atoms with E-state index in [2.05, 4.69) is 38.6 Å². The molecule has 25 heavy (non-hydrogen) atoms. The van der Waals surface area contributed by atoms with E-state index in [1.54, 1.807) is 22.7 Å². The van der Waals surface area contributed by atoms with E-state index in [1.807, 2.05) is 24.4 Å². The minimum absolute atomic E-state index is 0.160. The summed E-state index contributed by atoms with van der Waals surface area (Å²) in [7, 11) is 0. The first-order valence-electron chi connectivity index (χ1n) is 8.58. The van der Waals surface area contributed by atoms with E-state index in [0.717, 1.165) is 42.5 Å². The third-order valence-electron chi connectivity index (χ3n) is 5.01. The van der Waals surface area contributed by atoms with Gasteiger partial charge in [-0.1, -0.05) is 25.0 Å². The van der Waals surface area contributed by atoms with Gasteiger partial charge >= 0.3 is 0 Å². The van der Waals surface area contributed by atoms with Crippen LogP contribution in [0, 0.1) is 0 Å². The number of nitrogens with zero attached hydrogens (tertiary/aromatic N) is 1. The van der Waals surface area contributed by atoms with E-state index in [1.165, 1.54) is 4.88 Å². The standard InChI is InChI=1S/C20H20N2OS2/c23-19(20(8-1-2-9-20)17-6-4-11-25-17)22-13-15-5-3-10-21-18(15)16-7-12-24-14-16/h3-7,10-12,14H,1-2,8-9,13H2,(H,22,23). The predicted octanol–water partition coefficient (Wildman–Crippen LogP) is 5.00. The molecule has 0 saturated heterocycles. The fourth-order valence-electron chi connectivity index (χ4n) is 3.70. The van der Waals surface area contributed by atoms with Gasteiger partial charge in [0.25, 0.3) is 0 Å². The monoisotopic (exact) mass is 368 g/mol. The Kier molecular flexibility index (Phi) is 4.68. The first-order chi connectivity index (χ1) is 12.3. The summed E-state index contributed by atoms with van der Waals surface area (Å²) in [6, 6.07) is 10.2. The summed E-state index contributed by atoms with van der Waals surface area (Å²) in [5, 5.41) is 9.42. The molecule has 0 atom stereocenters. The second-order valence-corrected chi connectivity index (χ2v) is 8.20. The highest BCUT2D eigenvalue weighted by Gasteiger charge is 2.43. The number of nitrogens with one attached hydrogen (secondary N) is 1. The molecule has 1 N–H and O–H groups in total. The normalized spacial score (nSPS) is 16.0. The van der Waals surface area contributed by atoms with Crippen molar-refractivity contribution in [1.29, 1.82) is 0 Å². The van der Waals surface area contributed by atoms with Crippen molar-refractivity contribution in [2.24, 2.45) is 0 Å². The molecule has 1 amide bonds. The Morgan fingerprint density at radius 1 is 1.16 bits per heavy atom. The molecule has 128 valence electrons. The number of hydrogen-bond donors (Lipinski definition) is 1. The smallest absolute Gasteiger partial charge is 0.231 e. The number of carbonyl (C=O) groups excluding carboxylic acids is 1. The van der Waals surface area contributed by atoms with Crippen LogP contribution in [-0.4, -0.2) is 10.9 Å². The van der Waals surface area contributed by atoms with Crippen molar-refractivity contribution < 1.29 is 4.79 Å². The Balaban J connectivity index is 1.55. The Morgan fingerprint density at radius 2 is 2.04 bits per heavy atom. The van der Waals surface area contributed by atoms with Crippen molar-refractivity contribution in [2.75, 3.05) is 0 Å². The minimum Gasteiger partial charge on any atom is -0.351 e. The highest BCUT2D eigenvalue weighted by Crippen LogP contribution is 2.43. The molecule has 3 aromatic rings. The Hall–Kier alpha value is -1.98. The molecular weight excluding hydrogens is 348 g/mol. The van der Waals surface area contributed by atoms with Gasteiger partial charge in [-0.05, 0) is 47.4 Å². The maximum Gasteiger partial charge on any atom is 0.231 e. The summed E-state index contributed by atoms with van der Waals surface area (Å²) >= 11 is 3.36. The van der Waals surface area contributed by atoms with Crippen LogP contribution in [0.1, 0.15) is 36.1 Å². The SMILES string of the molecule is O=C(NCc1cccnc1-c1ccsc1)C1(c2cccs2)CCCC1. The van der Waals surface area contributed by atoms with Crippen molar-refractivity contribution in [3.8, 4) is 11.3 Å². The zero-order chi connectivity index (χ0) is 17.1. The van der Waals surface area contributed by atoms with Crippen LogP contribution in [0.4, 0.5) is 0 Å². The average molecular weight is 369 g/mol. The van der Waals surface area contributed by atoms with Gasteiger partial charge in [0.05, 0.1) is 11.1 Å². The molecule has 1 aliphatic rings. The van der Waals surface area contributed by atoms with Gasteiger partial charge in [-0.15, -0.1) is 11.3 Å². The van der Waals surface area contributed by atoms with Crippen molar-refractivity contribution >= 4 is 28.6 Å². The summed E-state index contributed by atoms with van der Waals surface area (Å²) in [4.78, 5) is 18.8. The van der Waals surface area contributed by atoms with Crippen molar-refractivity contribution in [3.63, 3.8) is 0 Å². The molecular formula is C20H20N2OS2. The topological polar surface area (TPSA) is 42.0 Å². The molecule has 3 nitrogen and oxygen atoms in total. The summed E-state index contributed by atoms with van der Waals surface area (Å²) in [5.41, 5.74) is 2.80. The number of carbonyl (C=O) groups is 1. The fourth-order valence-corrected chi connectivity index (χ4v) is 5.32. The van der Waals surface area contributed by atoms with Crippen LogP contribution >= 0.6 is 22.7 Å². The lowest BCUT2D eigenvalue weighted by Crippen LogP contribution is -2.41. The molecule has 0 radical (unpaired) electrons. The zero-order valence-corrected chi connectivity index (χ0v) is 15.5. The van der Waals surface area contributed by atoms with Gasteiger partial charge in [0.15, 0.2) is 0 Å². The van der Waals surface area contributed by atoms with Crippen LogP contribution < -0.4 is 5.32 Å². The molecule has 5 heteroatoms. The first-order valence-corrected chi connectivity index (χ1v) is 10.4. The molecule has 1 aliphatic carbocycles. The summed E-state index contributed by atoms with van der Waals surface area (Å²) in [5.74, 6) is 0.160. The maximum absolute atomic E-state index is 13.1. The van der Waals surface area contributed by atoms with Crippen LogP contribution in [0.25, 0.3) is 11.3 Å². The average Bonchev–Trinajstić information content (AvgIpc) is 3.42. The van der Waals surface area contributed by atoms with Gasteiger partial charge < -0.3 is 5.32 Å².